The molecule has 6 nitrogen and oxygen atoms in total. The first-order valence-corrected chi connectivity index (χ1v) is 9.33. The second kappa shape index (κ2) is 7.03. The Bertz CT molecular complexity index is 1060. The first-order valence-electron chi connectivity index (χ1n) is 9.33. The zero-order valence-corrected chi connectivity index (χ0v) is 15.8. The van der Waals surface area contributed by atoms with Crippen molar-refractivity contribution in [2.75, 3.05) is 7.11 Å². The maximum atomic E-state index is 12.9. The highest BCUT2D eigenvalue weighted by Gasteiger charge is 2.43. The molecule has 4 rings (SSSR count). The van der Waals surface area contributed by atoms with Crippen LogP contribution < -0.4 is 4.74 Å². The Balaban J connectivity index is 2.02. The third-order valence-electron chi connectivity index (χ3n) is 5.44. The fraction of sp³-hybridized carbons (Fsp3) is 0.273. The number of hydrogen-bond donors (Lipinski definition) is 2. The largest absolute Gasteiger partial charge is 0.496 e. The molecule has 0 fully saturated rings. The fourth-order valence-corrected chi connectivity index (χ4v) is 4.19. The second-order valence-electron chi connectivity index (χ2n) is 6.92. The molecule has 0 spiro atoms. The van der Waals surface area contributed by atoms with Gasteiger partial charge in [0, 0.05) is 35.0 Å². The molecule has 0 bridgehead atoms. The van der Waals surface area contributed by atoms with Crippen LogP contribution in [0, 0.1) is 0 Å². The van der Waals surface area contributed by atoms with Crippen molar-refractivity contribution in [3.8, 4) is 5.75 Å². The molecule has 0 saturated carbocycles. The lowest BCUT2D eigenvalue weighted by molar-refractivity contribution is -0.152. The number of carboxylic acid groups (broad SMARTS) is 1. The Hall–Kier alpha value is -3.28. The number of carbonyl (C=O) groups excluding carboxylic acids is 1. The normalized spacial score (nSPS) is 18.7. The molecule has 28 heavy (non-hydrogen) atoms. The van der Waals surface area contributed by atoms with Gasteiger partial charge in [0.1, 0.15) is 17.8 Å². The molecule has 6 heteroatoms. The minimum absolute atomic E-state index is 0.201. The van der Waals surface area contributed by atoms with Crippen molar-refractivity contribution in [3.05, 3.63) is 65.4 Å². The number of benzene rings is 2. The molecule has 2 atom stereocenters. The molecule has 0 unspecified atom stereocenters. The van der Waals surface area contributed by atoms with Gasteiger partial charge in [-0.25, -0.2) is 4.79 Å². The minimum atomic E-state index is -1.00. The molecule has 1 aliphatic heterocycles. The number of para-hydroxylation sites is 2. The highest BCUT2D eigenvalue weighted by Crippen LogP contribution is 2.43. The highest BCUT2D eigenvalue weighted by atomic mass is 16.5. The summed E-state index contributed by atoms with van der Waals surface area (Å²) in [4.78, 5) is 30.0. The monoisotopic (exact) mass is 378 g/mol. The van der Waals surface area contributed by atoms with Crippen LogP contribution in [0.15, 0.2) is 48.5 Å². The predicted octanol–water partition coefficient (Wildman–Crippen LogP) is 3.51. The van der Waals surface area contributed by atoms with Crippen molar-refractivity contribution in [1.82, 2.24) is 9.88 Å². The van der Waals surface area contributed by atoms with Gasteiger partial charge in [-0.05, 0) is 17.7 Å². The predicted molar refractivity (Wildman–Crippen MR) is 105 cm³/mol. The van der Waals surface area contributed by atoms with E-state index in [4.69, 9.17) is 4.74 Å². The van der Waals surface area contributed by atoms with Crippen LogP contribution in [0.5, 0.6) is 5.75 Å². The van der Waals surface area contributed by atoms with Gasteiger partial charge in [-0.3, -0.25) is 4.79 Å². The number of hydrogen-bond acceptors (Lipinski definition) is 3. The fourth-order valence-electron chi connectivity index (χ4n) is 4.19. The molecular formula is C22H22N2O4. The topological polar surface area (TPSA) is 82.6 Å². The quantitative estimate of drug-likeness (QED) is 0.728. The van der Waals surface area contributed by atoms with Crippen LogP contribution in [0.3, 0.4) is 0 Å². The summed E-state index contributed by atoms with van der Waals surface area (Å²) in [5, 5.41) is 10.9. The summed E-state index contributed by atoms with van der Waals surface area (Å²) in [6.45, 7) is 1.75. The number of aromatic nitrogens is 1. The first kappa shape index (κ1) is 18.1. The van der Waals surface area contributed by atoms with Gasteiger partial charge in [0.25, 0.3) is 0 Å². The lowest BCUT2D eigenvalue weighted by Gasteiger charge is -2.40. The van der Waals surface area contributed by atoms with E-state index in [1.165, 1.54) is 4.90 Å². The van der Waals surface area contributed by atoms with E-state index in [9.17, 15) is 14.7 Å². The van der Waals surface area contributed by atoms with Crippen molar-refractivity contribution < 1.29 is 19.4 Å². The molecule has 2 aromatic carbocycles. The van der Waals surface area contributed by atoms with Gasteiger partial charge in [0.05, 0.1) is 7.11 Å². The van der Waals surface area contributed by atoms with Gasteiger partial charge < -0.3 is 19.7 Å². The second-order valence-corrected chi connectivity index (χ2v) is 6.92. The number of aliphatic carboxylic acids is 1. The van der Waals surface area contributed by atoms with E-state index < -0.39 is 18.1 Å². The van der Waals surface area contributed by atoms with Crippen LogP contribution in [0.25, 0.3) is 10.9 Å². The zero-order chi connectivity index (χ0) is 19.8. The summed E-state index contributed by atoms with van der Waals surface area (Å²) >= 11 is 0. The summed E-state index contributed by atoms with van der Waals surface area (Å²) in [7, 11) is 1.58. The number of nitrogens with one attached hydrogen (secondary N) is 1. The summed E-state index contributed by atoms with van der Waals surface area (Å²) in [6.07, 6.45) is 0.497. The number of nitrogens with zero attached hydrogens (tertiary/aromatic N) is 1. The molecule has 144 valence electrons. The molecule has 2 heterocycles. The average Bonchev–Trinajstić information content (AvgIpc) is 3.10. The van der Waals surface area contributed by atoms with Gasteiger partial charge in [0.15, 0.2) is 0 Å². The Morgan fingerprint density at radius 2 is 1.89 bits per heavy atom. The van der Waals surface area contributed by atoms with Gasteiger partial charge in [-0.1, -0.05) is 43.3 Å². The van der Waals surface area contributed by atoms with E-state index in [0.29, 0.717) is 5.75 Å². The summed E-state index contributed by atoms with van der Waals surface area (Å²) in [5.41, 5.74) is 3.50. The molecular weight excluding hydrogens is 356 g/mol. The highest BCUT2D eigenvalue weighted by molar-refractivity contribution is 5.90. The van der Waals surface area contributed by atoms with E-state index in [1.807, 2.05) is 48.5 Å². The Labute approximate surface area is 162 Å². The molecule has 1 aliphatic rings. The summed E-state index contributed by atoms with van der Waals surface area (Å²) < 4.78 is 5.55. The van der Waals surface area contributed by atoms with Gasteiger partial charge in [-0.2, -0.15) is 0 Å². The van der Waals surface area contributed by atoms with Crippen LogP contribution in [-0.4, -0.2) is 40.0 Å². The van der Waals surface area contributed by atoms with Crippen molar-refractivity contribution >= 4 is 22.8 Å². The third-order valence-corrected chi connectivity index (χ3v) is 5.44. The number of carboxylic acids is 1. The number of H-pyrrole nitrogens is 1. The minimum Gasteiger partial charge on any atom is -0.496 e. The number of amides is 1. The van der Waals surface area contributed by atoms with E-state index in [2.05, 4.69) is 4.98 Å². The van der Waals surface area contributed by atoms with E-state index in [0.717, 1.165) is 27.7 Å². The standard InChI is InChI=1S/C22H22N2O4/c1-3-19(25)24-17(22(26)27)12-15-13-8-4-6-10-16(13)23-20(15)21(24)14-9-5-7-11-18(14)28-2/h4-11,17,21,23H,3,12H2,1-2H3,(H,26,27)/t17-,21+/m1/s1. The molecule has 0 saturated heterocycles. The molecule has 1 aromatic heterocycles. The maximum absolute atomic E-state index is 12.9. The Kier molecular flexibility index (Phi) is 4.55. The van der Waals surface area contributed by atoms with Crippen molar-refractivity contribution in [3.63, 3.8) is 0 Å². The van der Waals surface area contributed by atoms with Crippen LogP contribution in [0.2, 0.25) is 0 Å². The number of fused-ring (bicyclic) bond motifs is 3. The summed E-state index contributed by atoms with van der Waals surface area (Å²) in [5.74, 6) is -0.581. The van der Waals surface area contributed by atoms with Gasteiger partial charge in [-0.15, -0.1) is 0 Å². The molecule has 2 N–H and O–H groups in total. The third kappa shape index (κ3) is 2.72. The average molecular weight is 378 g/mol. The number of ether oxygens (including phenoxy) is 1. The van der Waals surface area contributed by atoms with E-state index in [1.54, 1.807) is 14.0 Å². The molecule has 3 aromatic rings. The van der Waals surface area contributed by atoms with Crippen LogP contribution in [0.1, 0.15) is 36.2 Å². The maximum Gasteiger partial charge on any atom is 0.326 e. The number of carbonyl (C=O) groups is 2. The summed E-state index contributed by atoms with van der Waals surface area (Å²) in [6, 6.07) is 13.8. The van der Waals surface area contributed by atoms with Crippen LogP contribution >= 0.6 is 0 Å². The smallest absolute Gasteiger partial charge is 0.326 e. The van der Waals surface area contributed by atoms with Gasteiger partial charge in [0.2, 0.25) is 5.91 Å². The Morgan fingerprint density at radius 3 is 2.61 bits per heavy atom. The van der Waals surface area contributed by atoms with E-state index >= 15 is 0 Å². The van der Waals surface area contributed by atoms with Crippen LogP contribution in [0.4, 0.5) is 0 Å². The van der Waals surface area contributed by atoms with Crippen molar-refractivity contribution in [2.45, 2.75) is 31.8 Å². The molecule has 0 radical (unpaired) electrons. The molecule has 0 aliphatic carbocycles. The van der Waals surface area contributed by atoms with Crippen molar-refractivity contribution in [2.24, 2.45) is 0 Å². The van der Waals surface area contributed by atoms with E-state index in [-0.39, 0.29) is 18.7 Å². The lowest BCUT2D eigenvalue weighted by atomic mass is 9.87. The number of rotatable bonds is 4. The Morgan fingerprint density at radius 1 is 1.18 bits per heavy atom. The van der Waals surface area contributed by atoms with Crippen molar-refractivity contribution in [1.29, 1.82) is 0 Å². The zero-order valence-electron chi connectivity index (χ0n) is 15.8. The molecule has 1 amide bonds. The van der Waals surface area contributed by atoms with Gasteiger partial charge >= 0.3 is 5.97 Å². The number of aromatic amines is 1. The SMILES string of the molecule is CCC(=O)N1[C@@H](c2ccccc2OC)c2[nH]c3ccccc3c2C[C@@H]1C(=O)O. The first-order chi connectivity index (χ1) is 13.6. The number of methoxy groups -OCH3 is 1. The van der Waals surface area contributed by atoms with Crippen LogP contribution in [-0.2, 0) is 16.0 Å². The lowest BCUT2D eigenvalue weighted by Crippen LogP contribution is -2.51.